The van der Waals surface area contributed by atoms with Crippen molar-refractivity contribution in [2.24, 2.45) is 28.6 Å². The average molecular weight is 479 g/mol. The van der Waals surface area contributed by atoms with Gasteiger partial charge in [-0.15, -0.1) is 0 Å². The molecule has 1 aromatic heterocycles. The maximum absolute atomic E-state index is 12.7. The highest BCUT2D eigenvalue weighted by molar-refractivity contribution is 5.91. The fraction of sp³-hybridized carbons (Fsp3) is 0.655. The van der Waals surface area contributed by atoms with E-state index in [2.05, 4.69) is 24.1 Å². The van der Waals surface area contributed by atoms with Gasteiger partial charge in [0, 0.05) is 37.2 Å². The van der Waals surface area contributed by atoms with E-state index in [-0.39, 0.29) is 41.7 Å². The molecule has 5 rings (SSSR count). The number of fused-ring (bicyclic) bond motifs is 5. The molecule has 1 aromatic rings. The predicted octanol–water partition coefficient (Wildman–Crippen LogP) is 4.92. The number of carbonyl (C=O) groups is 3. The number of amides is 1. The summed E-state index contributed by atoms with van der Waals surface area (Å²) in [5, 5.41) is 2.86. The maximum Gasteiger partial charge on any atom is 0.306 e. The molecule has 6 atom stereocenters. The van der Waals surface area contributed by atoms with E-state index in [0.29, 0.717) is 36.5 Å². The summed E-state index contributed by atoms with van der Waals surface area (Å²) in [5.41, 5.74) is 2.55. The Morgan fingerprint density at radius 1 is 1.03 bits per heavy atom. The van der Waals surface area contributed by atoms with Gasteiger partial charge in [0.1, 0.15) is 6.10 Å². The van der Waals surface area contributed by atoms with Gasteiger partial charge in [0.15, 0.2) is 5.78 Å². The quantitative estimate of drug-likeness (QED) is 0.587. The number of esters is 1. The molecular formula is C29H38N2O4. The van der Waals surface area contributed by atoms with E-state index in [9.17, 15) is 14.4 Å². The Morgan fingerprint density at radius 2 is 1.83 bits per heavy atom. The zero-order chi connectivity index (χ0) is 24.6. The predicted molar refractivity (Wildman–Crippen MR) is 132 cm³/mol. The molecule has 4 aliphatic carbocycles. The molecule has 0 bridgehead atoms. The topological polar surface area (TPSA) is 85.4 Å². The van der Waals surface area contributed by atoms with Crippen molar-refractivity contribution >= 4 is 17.7 Å². The van der Waals surface area contributed by atoms with Gasteiger partial charge in [-0.1, -0.05) is 19.4 Å². The Hall–Kier alpha value is -2.50. The Morgan fingerprint density at radius 3 is 2.63 bits per heavy atom. The second-order valence-corrected chi connectivity index (χ2v) is 11.7. The van der Waals surface area contributed by atoms with E-state index >= 15 is 0 Å². The number of aromatic nitrogens is 1. The second-order valence-electron chi connectivity index (χ2n) is 11.7. The van der Waals surface area contributed by atoms with E-state index < -0.39 is 0 Å². The Balaban J connectivity index is 1.16. The van der Waals surface area contributed by atoms with Crippen LogP contribution in [-0.4, -0.2) is 28.7 Å². The van der Waals surface area contributed by atoms with Crippen LogP contribution in [0, 0.1) is 28.6 Å². The standard InChI is InChI=1S/C29H38N2O4/c1-28-13-9-21(32)17-20(28)3-4-22-23-5-6-25(29(23,2)14-10-24(22)28)35-27(34)8-7-26(33)31-18-19-11-15-30-16-12-19/h11-12,15-17,22-25H,3-10,13-14,18H2,1-2H3,(H,31,33)/t22-,23-,24-,25+,28+,29+/m1/s1. The molecule has 0 aromatic carbocycles. The van der Waals surface area contributed by atoms with Gasteiger partial charge in [-0.05, 0) is 91.9 Å². The third-order valence-electron chi connectivity index (χ3n) is 9.94. The molecule has 0 unspecified atom stereocenters. The molecule has 0 saturated heterocycles. The normalized spacial score (nSPS) is 35.8. The number of carbonyl (C=O) groups excluding carboxylic acids is 3. The monoisotopic (exact) mass is 478 g/mol. The van der Waals surface area contributed by atoms with Gasteiger partial charge < -0.3 is 10.1 Å². The first-order valence-corrected chi connectivity index (χ1v) is 13.4. The Labute approximate surface area is 208 Å². The van der Waals surface area contributed by atoms with Crippen molar-refractivity contribution < 1.29 is 19.1 Å². The van der Waals surface area contributed by atoms with Crippen LogP contribution in [0.15, 0.2) is 36.2 Å². The van der Waals surface area contributed by atoms with Crippen LogP contribution in [0.3, 0.4) is 0 Å². The molecule has 3 saturated carbocycles. The van der Waals surface area contributed by atoms with Crippen molar-refractivity contribution in [3.8, 4) is 0 Å². The summed E-state index contributed by atoms with van der Waals surface area (Å²) in [7, 11) is 0. The summed E-state index contributed by atoms with van der Waals surface area (Å²) >= 11 is 0. The molecule has 1 N–H and O–H groups in total. The van der Waals surface area contributed by atoms with Crippen molar-refractivity contribution in [2.75, 3.05) is 0 Å². The third-order valence-corrected chi connectivity index (χ3v) is 9.94. The largest absolute Gasteiger partial charge is 0.462 e. The van der Waals surface area contributed by atoms with Crippen LogP contribution in [0.25, 0.3) is 0 Å². The van der Waals surface area contributed by atoms with Crippen LogP contribution in [0.1, 0.15) is 83.6 Å². The molecule has 6 nitrogen and oxygen atoms in total. The van der Waals surface area contributed by atoms with Crippen molar-refractivity contribution in [2.45, 2.75) is 90.7 Å². The summed E-state index contributed by atoms with van der Waals surface area (Å²) in [6.45, 7) is 5.17. The highest BCUT2D eigenvalue weighted by atomic mass is 16.5. The lowest BCUT2D eigenvalue weighted by Gasteiger charge is -2.57. The second kappa shape index (κ2) is 9.51. The van der Waals surface area contributed by atoms with Crippen molar-refractivity contribution in [1.29, 1.82) is 0 Å². The number of ketones is 1. The maximum atomic E-state index is 12.7. The van der Waals surface area contributed by atoms with Gasteiger partial charge in [-0.25, -0.2) is 0 Å². The number of rotatable bonds is 6. The summed E-state index contributed by atoms with van der Waals surface area (Å²) in [5.74, 6) is 1.75. The van der Waals surface area contributed by atoms with Crippen LogP contribution in [0.5, 0.6) is 0 Å². The number of allylic oxidation sites excluding steroid dienone is 1. The molecule has 4 aliphatic rings. The first-order chi connectivity index (χ1) is 16.8. The molecule has 35 heavy (non-hydrogen) atoms. The summed E-state index contributed by atoms with van der Waals surface area (Å²) in [4.78, 5) is 40.9. The first-order valence-electron chi connectivity index (χ1n) is 13.4. The summed E-state index contributed by atoms with van der Waals surface area (Å²) in [6, 6.07) is 3.72. The molecule has 0 radical (unpaired) electrons. The van der Waals surface area contributed by atoms with Crippen LogP contribution in [0.4, 0.5) is 0 Å². The first kappa shape index (κ1) is 24.2. The minimum atomic E-state index is -0.260. The molecule has 0 aliphatic heterocycles. The van der Waals surface area contributed by atoms with E-state index in [1.807, 2.05) is 18.2 Å². The van der Waals surface area contributed by atoms with Crippen LogP contribution < -0.4 is 5.32 Å². The Kier molecular flexibility index (Phi) is 6.58. The van der Waals surface area contributed by atoms with Gasteiger partial charge in [0.25, 0.3) is 0 Å². The van der Waals surface area contributed by atoms with Crippen molar-refractivity contribution in [3.63, 3.8) is 0 Å². The van der Waals surface area contributed by atoms with Gasteiger partial charge in [-0.2, -0.15) is 0 Å². The van der Waals surface area contributed by atoms with E-state index in [4.69, 9.17) is 4.74 Å². The molecule has 1 amide bonds. The third kappa shape index (κ3) is 4.56. The molecular weight excluding hydrogens is 440 g/mol. The highest BCUT2D eigenvalue weighted by Crippen LogP contribution is 2.65. The van der Waals surface area contributed by atoms with Gasteiger partial charge in [0.2, 0.25) is 5.91 Å². The molecule has 6 heteroatoms. The Bertz CT molecular complexity index is 1020. The average Bonchev–Trinajstić information content (AvgIpc) is 3.18. The number of nitrogens with one attached hydrogen (secondary N) is 1. The fourth-order valence-corrected chi connectivity index (χ4v) is 7.93. The van der Waals surface area contributed by atoms with E-state index in [1.165, 1.54) is 5.57 Å². The van der Waals surface area contributed by atoms with Crippen LogP contribution in [-0.2, 0) is 25.7 Å². The molecule has 188 valence electrons. The van der Waals surface area contributed by atoms with Gasteiger partial charge >= 0.3 is 5.97 Å². The fourth-order valence-electron chi connectivity index (χ4n) is 7.93. The summed E-state index contributed by atoms with van der Waals surface area (Å²) in [6.07, 6.45) is 13.7. The van der Waals surface area contributed by atoms with Crippen molar-refractivity contribution in [1.82, 2.24) is 10.3 Å². The van der Waals surface area contributed by atoms with Gasteiger partial charge in [0.05, 0.1) is 6.42 Å². The van der Waals surface area contributed by atoms with E-state index in [1.54, 1.807) is 12.4 Å². The van der Waals surface area contributed by atoms with Crippen molar-refractivity contribution in [3.05, 3.63) is 41.7 Å². The van der Waals surface area contributed by atoms with E-state index in [0.717, 1.165) is 50.5 Å². The smallest absolute Gasteiger partial charge is 0.306 e. The lowest BCUT2D eigenvalue weighted by atomic mass is 9.47. The minimum Gasteiger partial charge on any atom is -0.462 e. The minimum absolute atomic E-state index is 0.0164. The lowest BCUT2D eigenvalue weighted by Crippen LogP contribution is -2.51. The zero-order valence-electron chi connectivity index (χ0n) is 21.1. The SMILES string of the molecule is C[C@]12CC[C@@H]3[C@H](CCC4=CC(=O)CC[C@@]43C)[C@H]1CC[C@@H]2OC(=O)CCC(=O)NCc1ccncc1. The molecule has 3 fully saturated rings. The number of hydrogen-bond acceptors (Lipinski definition) is 5. The lowest BCUT2D eigenvalue weighted by molar-refractivity contribution is -0.160. The zero-order valence-corrected chi connectivity index (χ0v) is 21.1. The van der Waals surface area contributed by atoms with Gasteiger partial charge in [-0.3, -0.25) is 19.4 Å². The number of hydrogen-bond donors (Lipinski definition) is 1. The van der Waals surface area contributed by atoms with Crippen LogP contribution in [0.2, 0.25) is 0 Å². The van der Waals surface area contributed by atoms with Crippen LogP contribution >= 0.6 is 0 Å². The number of pyridine rings is 1. The molecule has 1 heterocycles. The highest BCUT2D eigenvalue weighted by Gasteiger charge is 2.59. The molecule has 0 spiro atoms. The summed E-state index contributed by atoms with van der Waals surface area (Å²) < 4.78 is 6.04. The number of ether oxygens (including phenoxy) is 1. The number of nitrogens with zero attached hydrogens (tertiary/aromatic N) is 1.